The van der Waals surface area contributed by atoms with Gasteiger partial charge < -0.3 is 19.7 Å². The fourth-order valence-corrected chi connectivity index (χ4v) is 2.87. The van der Waals surface area contributed by atoms with Crippen molar-refractivity contribution in [1.29, 1.82) is 0 Å². The second-order valence-electron chi connectivity index (χ2n) is 5.32. The Labute approximate surface area is 128 Å². The minimum Gasteiger partial charge on any atom is -0.490 e. The maximum atomic E-state index is 5.72. The molecule has 0 unspecified atom stereocenters. The number of piperidine rings is 1. The lowest BCUT2D eigenvalue weighted by atomic mass is 10.0. The Bertz CT molecular complexity index is 429. The summed E-state index contributed by atoms with van der Waals surface area (Å²) >= 11 is 0. The third kappa shape index (κ3) is 4.27. The second kappa shape index (κ2) is 8.13. The van der Waals surface area contributed by atoms with Crippen LogP contribution >= 0.6 is 0 Å². The van der Waals surface area contributed by atoms with Crippen molar-refractivity contribution in [2.75, 3.05) is 37.7 Å². The molecule has 21 heavy (non-hydrogen) atoms. The summed E-state index contributed by atoms with van der Waals surface area (Å²) < 4.78 is 11.3. The first-order valence-electron chi connectivity index (χ1n) is 8.16. The molecule has 1 fully saturated rings. The van der Waals surface area contributed by atoms with Crippen LogP contribution in [0.2, 0.25) is 0 Å². The SMILES string of the molecule is CCNC1CCN(c2ccc(OCC)c(OCC)c2)CC1. The predicted octanol–water partition coefficient (Wildman–Crippen LogP) is 3.06. The minimum absolute atomic E-state index is 0.659. The highest BCUT2D eigenvalue weighted by atomic mass is 16.5. The van der Waals surface area contributed by atoms with E-state index in [0.717, 1.165) is 31.1 Å². The van der Waals surface area contributed by atoms with Gasteiger partial charge in [0, 0.05) is 30.9 Å². The predicted molar refractivity (Wildman–Crippen MR) is 87.7 cm³/mol. The van der Waals surface area contributed by atoms with Gasteiger partial charge in [-0.2, -0.15) is 0 Å². The molecule has 1 heterocycles. The Balaban J connectivity index is 2.05. The molecule has 2 rings (SSSR count). The van der Waals surface area contributed by atoms with Gasteiger partial charge in [0.1, 0.15) is 0 Å². The molecule has 0 amide bonds. The lowest BCUT2D eigenvalue weighted by Gasteiger charge is -2.34. The molecular formula is C17H28N2O2. The van der Waals surface area contributed by atoms with E-state index in [-0.39, 0.29) is 0 Å². The quantitative estimate of drug-likeness (QED) is 0.837. The number of hydrogen-bond acceptors (Lipinski definition) is 4. The molecule has 1 aliphatic heterocycles. The molecule has 0 saturated carbocycles. The molecule has 0 aliphatic carbocycles. The summed E-state index contributed by atoms with van der Waals surface area (Å²) in [7, 11) is 0. The lowest BCUT2D eigenvalue weighted by molar-refractivity contribution is 0.287. The van der Waals surface area contributed by atoms with Gasteiger partial charge in [-0.25, -0.2) is 0 Å². The standard InChI is InChI=1S/C17H28N2O2/c1-4-18-14-9-11-19(12-10-14)15-7-8-16(20-5-2)17(13-15)21-6-3/h7-8,13-14,18H,4-6,9-12H2,1-3H3. The van der Waals surface area contributed by atoms with Crippen LogP contribution in [0, 0.1) is 0 Å². The van der Waals surface area contributed by atoms with Crippen molar-refractivity contribution in [3.05, 3.63) is 18.2 Å². The summed E-state index contributed by atoms with van der Waals surface area (Å²) in [5, 5.41) is 3.54. The maximum absolute atomic E-state index is 5.72. The number of ether oxygens (including phenoxy) is 2. The molecule has 1 saturated heterocycles. The van der Waals surface area contributed by atoms with Crippen molar-refractivity contribution in [2.45, 2.75) is 39.7 Å². The van der Waals surface area contributed by atoms with E-state index in [0.29, 0.717) is 19.3 Å². The molecule has 4 nitrogen and oxygen atoms in total. The van der Waals surface area contributed by atoms with E-state index >= 15 is 0 Å². The van der Waals surface area contributed by atoms with Gasteiger partial charge in [-0.3, -0.25) is 0 Å². The molecule has 1 aromatic carbocycles. The summed E-state index contributed by atoms with van der Waals surface area (Å²) in [5.41, 5.74) is 1.23. The third-order valence-corrected chi connectivity index (χ3v) is 3.88. The van der Waals surface area contributed by atoms with Gasteiger partial charge >= 0.3 is 0 Å². The molecule has 1 N–H and O–H groups in total. The highest BCUT2D eigenvalue weighted by molar-refractivity contribution is 5.56. The average molecular weight is 292 g/mol. The van der Waals surface area contributed by atoms with Crippen molar-refractivity contribution in [2.24, 2.45) is 0 Å². The largest absolute Gasteiger partial charge is 0.490 e. The van der Waals surface area contributed by atoms with E-state index in [1.165, 1.54) is 18.5 Å². The van der Waals surface area contributed by atoms with Gasteiger partial charge in [-0.15, -0.1) is 0 Å². The molecule has 1 aromatic rings. The van der Waals surface area contributed by atoms with Gasteiger partial charge in [-0.05, 0) is 45.4 Å². The highest BCUT2D eigenvalue weighted by Crippen LogP contribution is 2.33. The van der Waals surface area contributed by atoms with E-state index < -0.39 is 0 Å². The van der Waals surface area contributed by atoms with E-state index in [9.17, 15) is 0 Å². The fourth-order valence-electron chi connectivity index (χ4n) is 2.87. The van der Waals surface area contributed by atoms with Gasteiger partial charge in [0.25, 0.3) is 0 Å². The minimum atomic E-state index is 0.659. The fraction of sp³-hybridized carbons (Fsp3) is 0.647. The number of nitrogens with zero attached hydrogens (tertiary/aromatic N) is 1. The van der Waals surface area contributed by atoms with Crippen LogP contribution in [0.25, 0.3) is 0 Å². The van der Waals surface area contributed by atoms with Crippen LogP contribution < -0.4 is 19.7 Å². The number of benzene rings is 1. The molecule has 4 heteroatoms. The van der Waals surface area contributed by atoms with Crippen molar-refractivity contribution in [1.82, 2.24) is 5.32 Å². The number of nitrogens with one attached hydrogen (secondary N) is 1. The zero-order valence-electron chi connectivity index (χ0n) is 13.5. The Kier molecular flexibility index (Phi) is 6.18. The Morgan fingerprint density at radius 3 is 2.33 bits per heavy atom. The smallest absolute Gasteiger partial charge is 0.163 e. The van der Waals surface area contributed by atoms with Gasteiger partial charge in [0.05, 0.1) is 13.2 Å². The van der Waals surface area contributed by atoms with Crippen LogP contribution in [0.1, 0.15) is 33.6 Å². The Morgan fingerprint density at radius 1 is 1.05 bits per heavy atom. The topological polar surface area (TPSA) is 33.7 Å². The molecule has 1 aliphatic rings. The summed E-state index contributed by atoms with van der Waals surface area (Å²) in [6, 6.07) is 6.95. The maximum Gasteiger partial charge on any atom is 0.163 e. The summed E-state index contributed by atoms with van der Waals surface area (Å²) in [6.45, 7) is 10.7. The Hall–Kier alpha value is -1.42. The van der Waals surface area contributed by atoms with Crippen LogP contribution in [0.15, 0.2) is 18.2 Å². The van der Waals surface area contributed by atoms with E-state index in [2.05, 4.69) is 29.3 Å². The Morgan fingerprint density at radius 2 is 1.71 bits per heavy atom. The number of anilines is 1. The zero-order valence-corrected chi connectivity index (χ0v) is 13.5. The third-order valence-electron chi connectivity index (χ3n) is 3.88. The van der Waals surface area contributed by atoms with Gasteiger partial charge in [-0.1, -0.05) is 6.92 Å². The van der Waals surface area contributed by atoms with Crippen LogP contribution in [0.5, 0.6) is 11.5 Å². The normalized spacial score (nSPS) is 16.0. The summed E-state index contributed by atoms with van der Waals surface area (Å²) in [5.74, 6) is 1.69. The zero-order chi connectivity index (χ0) is 15.1. The van der Waals surface area contributed by atoms with Crippen molar-refractivity contribution < 1.29 is 9.47 Å². The molecule has 0 spiro atoms. The van der Waals surface area contributed by atoms with Crippen molar-refractivity contribution in [3.63, 3.8) is 0 Å². The van der Waals surface area contributed by atoms with Crippen LogP contribution in [-0.4, -0.2) is 38.9 Å². The monoisotopic (exact) mass is 292 g/mol. The van der Waals surface area contributed by atoms with E-state index in [1.54, 1.807) is 0 Å². The van der Waals surface area contributed by atoms with Crippen LogP contribution in [0.4, 0.5) is 5.69 Å². The number of rotatable bonds is 7. The first kappa shape index (κ1) is 16.0. The number of hydrogen-bond donors (Lipinski definition) is 1. The van der Waals surface area contributed by atoms with Gasteiger partial charge in [0.15, 0.2) is 11.5 Å². The second-order valence-corrected chi connectivity index (χ2v) is 5.32. The van der Waals surface area contributed by atoms with Crippen LogP contribution in [0.3, 0.4) is 0 Å². The van der Waals surface area contributed by atoms with Crippen LogP contribution in [-0.2, 0) is 0 Å². The molecule has 0 bridgehead atoms. The molecule has 0 atom stereocenters. The first-order chi connectivity index (χ1) is 10.3. The van der Waals surface area contributed by atoms with E-state index in [1.807, 2.05) is 19.9 Å². The average Bonchev–Trinajstić information content (AvgIpc) is 2.51. The molecule has 118 valence electrons. The summed E-state index contributed by atoms with van der Waals surface area (Å²) in [4.78, 5) is 2.44. The molecule has 0 radical (unpaired) electrons. The molecular weight excluding hydrogens is 264 g/mol. The van der Waals surface area contributed by atoms with E-state index in [4.69, 9.17) is 9.47 Å². The summed E-state index contributed by atoms with van der Waals surface area (Å²) in [6.07, 6.45) is 2.40. The molecule has 0 aromatic heterocycles. The van der Waals surface area contributed by atoms with Crippen molar-refractivity contribution in [3.8, 4) is 11.5 Å². The lowest BCUT2D eigenvalue weighted by Crippen LogP contribution is -2.42. The first-order valence-corrected chi connectivity index (χ1v) is 8.16. The van der Waals surface area contributed by atoms with Gasteiger partial charge in [0.2, 0.25) is 0 Å². The highest BCUT2D eigenvalue weighted by Gasteiger charge is 2.19. The van der Waals surface area contributed by atoms with Crippen molar-refractivity contribution >= 4 is 5.69 Å².